The lowest BCUT2D eigenvalue weighted by atomic mass is 10.1. The van der Waals surface area contributed by atoms with Crippen molar-refractivity contribution in [2.24, 2.45) is 0 Å². The number of halogens is 2. The summed E-state index contributed by atoms with van der Waals surface area (Å²) in [5.74, 6) is -0.0552. The van der Waals surface area contributed by atoms with Gasteiger partial charge in [-0.2, -0.15) is 0 Å². The van der Waals surface area contributed by atoms with Crippen molar-refractivity contribution in [3.05, 3.63) is 88.6 Å². The van der Waals surface area contributed by atoms with Gasteiger partial charge < -0.3 is 10.6 Å². The Morgan fingerprint density at radius 3 is 2.56 bits per heavy atom. The van der Waals surface area contributed by atoms with E-state index in [-0.39, 0.29) is 17.4 Å². The van der Waals surface area contributed by atoms with Gasteiger partial charge in [0.2, 0.25) is 0 Å². The standard InChI is InChI=1S/C20H18ClFN4O/c21-16-7-3-1-6-15(16)12-24-20(27)18-11-19(26-13-25-18)23-10-9-14-5-2-4-8-17(14)22/h1-8,11,13H,9-10,12H2,(H,24,27)(H,23,25,26). The van der Waals surface area contributed by atoms with Gasteiger partial charge in [0, 0.05) is 24.2 Å². The number of benzene rings is 2. The molecule has 5 nitrogen and oxygen atoms in total. The van der Waals surface area contributed by atoms with Crippen molar-refractivity contribution in [2.45, 2.75) is 13.0 Å². The number of hydrogen-bond donors (Lipinski definition) is 2. The molecule has 0 atom stereocenters. The minimum atomic E-state index is -0.325. The van der Waals surface area contributed by atoms with Gasteiger partial charge in [0.25, 0.3) is 5.91 Å². The van der Waals surface area contributed by atoms with Crippen LogP contribution in [0.25, 0.3) is 0 Å². The second kappa shape index (κ2) is 9.09. The van der Waals surface area contributed by atoms with Crippen LogP contribution in [0, 0.1) is 5.82 Å². The fourth-order valence-electron chi connectivity index (χ4n) is 2.51. The molecule has 0 fully saturated rings. The lowest BCUT2D eigenvalue weighted by Gasteiger charge is -2.09. The fourth-order valence-corrected chi connectivity index (χ4v) is 2.71. The molecule has 0 bridgehead atoms. The molecule has 3 aromatic rings. The van der Waals surface area contributed by atoms with Crippen LogP contribution in [-0.4, -0.2) is 22.4 Å². The van der Waals surface area contributed by atoms with Gasteiger partial charge >= 0.3 is 0 Å². The molecule has 2 aromatic carbocycles. The summed E-state index contributed by atoms with van der Waals surface area (Å²) in [5, 5.41) is 6.45. The van der Waals surface area contributed by atoms with Gasteiger partial charge in [0.15, 0.2) is 0 Å². The van der Waals surface area contributed by atoms with Crippen molar-refractivity contribution in [3.8, 4) is 0 Å². The van der Waals surface area contributed by atoms with Crippen molar-refractivity contribution >= 4 is 23.3 Å². The zero-order valence-corrected chi connectivity index (χ0v) is 15.2. The predicted octanol–water partition coefficient (Wildman–Crippen LogP) is 3.85. The second-order valence-corrected chi connectivity index (χ2v) is 6.24. The number of amides is 1. The zero-order valence-electron chi connectivity index (χ0n) is 14.5. The molecule has 0 saturated heterocycles. The normalized spacial score (nSPS) is 10.4. The van der Waals surface area contributed by atoms with E-state index in [4.69, 9.17) is 11.6 Å². The first-order valence-electron chi connectivity index (χ1n) is 8.44. The summed E-state index contributed by atoms with van der Waals surface area (Å²) in [7, 11) is 0. The Hall–Kier alpha value is -2.99. The van der Waals surface area contributed by atoms with Crippen LogP contribution in [0.4, 0.5) is 10.2 Å². The first-order valence-corrected chi connectivity index (χ1v) is 8.82. The number of rotatable bonds is 7. The molecule has 2 N–H and O–H groups in total. The molecule has 1 heterocycles. The molecule has 7 heteroatoms. The Morgan fingerprint density at radius 1 is 1.04 bits per heavy atom. The summed E-state index contributed by atoms with van der Waals surface area (Å²) < 4.78 is 13.6. The first kappa shape index (κ1) is 18.8. The molecule has 1 amide bonds. The number of carbonyl (C=O) groups excluding carboxylic acids is 1. The SMILES string of the molecule is O=C(NCc1ccccc1Cl)c1cc(NCCc2ccccc2F)ncn1. The highest BCUT2D eigenvalue weighted by Gasteiger charge is 2.09. The van der Waals surface area contributed by atoms with Crippen molar-refractivity contribution in [1.82, 2.24) is 15.3 Å². The third-order valence-electron chi connectivity index (χ3n) is 3.96. The molecule has 138 valence electrons. The van der Waals surface area contributed by atoms with Crippen LogP contribution in [0.1, 0.15) is 21.6 Å². The lowest BCUT2D eigenvalue weighted by Crippen LogP contribution is -2.24. The molecule has 0 saturated carbocycles. The topological polar surface area (TPSA) is 66.9 Å². The Morgan fingerprint density at radius 2 is 1.78 bits per heavy atom. The molecule has 0 spiro atoms. The smallest absolute Gasteiger partial charge is 0.270 e. The molecule has 0 radical (unpaired) electrons. The molecule has 3 rings (SSSR count). The van der Waals surface area contributed by atoms with Gasteiger partial charge in [0.1, 0.15) is 23.7 Å². The van der Waals surface area contributed by atoms with Crippen LogP contribution >= 0.6 is 11.6 Å². The third kappa shape index (κ3) is 5.24. The molecule has 27 heavy (non-hydrogen) atoms. The van der Waals surface area contributed by atoms with Gasteiger partial charge in [0.05, 0.1) is 0 Å². The lowest BCUT2D eigenvalue weighted by molar-refractivity contribution is 0.0946. The van der Waals surface area contributed by atoms with Gasteiger partial charge in [-0.25, -0.2) is 14.4 Å². The molecule has 0 unspecified atom stereocenters. The number of anilines is 1. The number of nitrogens with one attached hydrogen (secondary N) is 2. The maximum atomic E-state index is 13.6. The van der Waals surface area contributed by atoms with Gasteiger partial charge in [-0.1, -0.05) is 48.0 Å². The highest BCUT2D eigenvalue weighted by atomic mass is 35.5. The average Bonchev–Trinajstić information content (AvgIpc) is 2.69. The summed E-state index contributed by atoms with van der Waals surface area (Å²) in [6, 6.07) is 15.5. The van der Waals surface area contributed by atoms with E-state index in [2.05, 4.69) is 20.6 Å². The largest absolute Gasteiger partial charge is 0.370 e. The Bertz CT molecular complexity index is 935. The summed E-state index contributed by atoms with van der Waals surface area (Å²) in [4.78, 5) is 20.4. The summed E-state index contributed by atoms with van der Waals surface area (Å²) in [6.45, 7) is 0.789. The van der Waals surface area contributed by atoms with E-state index in [0.29, 0.717) is 35.9 Å². The first-order chi connectivity index (χ1) is 13.1. The molecule has 1 aromatic heterocycles. The number of hydrogen-bond acceptors (Lipinski definition) is 4. The molecule has 0 aliphatic heterocycles. The summed E-state index contributed by atoms with van der Waals surface area (Å²) >= 11 is 6.08. The summed E-state index contributed by atoms with van der Waals surface area (Å²) in [6.07, 6.45) is 1.82. The molecule has 0 aliphatic rings. The highest BCUT2D eigenvalue weighted by Crippen LogP contribution is 2.14. The number of aromatic nitrogens is 2. The van der Waals surface area contributed by atoms with Crippen molar-refractivity contribution in [3.63, 3.8) is 0 Å². The average molecular weight is 385 g/mol. The maximum absolute atomic E-state index is 13.6. The van der Waals surface area contributed by atoms with E-state index in [0.717, 1.165) is 5.56 Å². The van der Waals surface area contributed by atoms with E-state index in [1.165, 1.54) is 12.4 Å². The van der Waals surface area contributed by atoms with Gasteiger partial charge in [-0.3, -0.25) is 4.79 Å². The molecular weight excluding hydrogens is 367 g/mol. The van der Waals surface area contributed by atoms with E-state index in [1.54, 1.807) is 30.3 Å². The van der Waals surface area contributed by atoms with Crippen LogP contribution in [-0.2, 0) is 13.0 Å². The van der Waals surface area contributed by atoms with Crippen LogP contribution in [0.2, 0.25) is 5.02 Å². The highest BCUT2D eigenvalue weighted by molar-refractivity contribution is 6.31. The van der Waals surface area contributed by atoms with Gasteiger partial charge in [-0.05, 0) is 29.7 Å². The van der Waals surface area contributed by atoms with Gasteiger partial charge in [-0.15, -0.1) is 0 Å². The molecule has 0 aliphatic carbocycles. The monoisotopic (exact) mass is 384 g/mol. The number of nitrogens with zero attached hydrogens (tertiary/aromatic N) is 2. The quantitative estimate of drug-likeness (QED) is 0.649. The van der Waals surface area contributed by atoms with Crippen LogP contribution in [0.3, 0.4) is 0 Å². The van der Waals surface area contributed by atoms with Crippen LogP contribution in [0.15, 0.2) is 60.9 Å². The van der Waals surface area contributed by atoms with Crippen molar-refractivity contribution in [1.29, 1.82) is 0 Å². The predicted molar refractivity (Wildman–Crippen MR) is 103 cm³/mol. The van der Waals surface area contributed by atoms with E-state index < -0.39 is 0 Å². The minimum absolute atomic E-state index is 0.235. The van der Waals surface area contributed by atoms with Crippen molar-refractivity contribution in [2.75, 3.05) is 11.9 Å². The van der Waals surface area contributed by atoms with Crippen LogP contribution in [0.5, 0.6) is 0 Å². The Labute approximate surface area is 161 Å². The van der Waals surface area contributed by atoms with Crippen molar-refractivity contribution < 1.29 is 9.18 Å². The maximum Gasteiger partial charge on any atom is 0.270 e. The minimum Gasteiger partial charge on any atom is -0.370 e. The second-order valence-electron chi connectivity index (χ2n) is 5.83. The summed E-state index contributed by atoms with van der Waals surface area (Å²) in [5.41, 5.74) is 1.69. The van der Waals surface area contributed by atoms with Crippen LogP contribution < -0.4 is 10.6 Å². The fraction of sp³-hybridized carbons (Fsp3) is 0.150. The Kier molecular flexibility index (Phi) is 6.33. The number of carbonyl (C=O) groups is 1. The Balaban J connectivity index is 1.55. The molecular formula is C20H18ClFN4O. The van der Waals surface area contributed by atoms with E-state index in [1.807, 2.05) is 18.2 Å². The van der Waals surface area contributed by atoms with E-state index >= 15 is 0 Å². The third-order valence-corrected chi connectivity index (χ3v) is 4.32. The van der Waals surface area contributed by atoms with E-state index in [9.17, 15) is 9.18 Å². The zero-order chi connectivity index (χ0) is 19.1.